The van der Waals surface area contributed by atoms with E-state index in [1.165, 1.54) is 0 Å². The fourth-order valence-electron chi connectivity index (χ4n) is 1.93. The molecule has 1 saturated heterocycles. The van der Waals surface area contributed by atoms with Crippen LogP contribution >= 0.6 is 0 Å². The summed E-state index contributed by atoms with van der Waals surface area (Å²) in [5.41, 5.74) is -0.191. The lowest BCUT2D eigenvalue weighted by Crippen LogP contribution is -2.43. The topological polar surface area (TPSA) is 49.4 Å². The monoisotopic (exact) mass is 226 g/mol. The van der Waals surface area contributed by atoms with Gasteiger partial charge in [0.05, 0.1) is 5.92 Å². The van der Waals surface area contributed by atoms with Gasteiger partial charge in [-0.3, -0.25) is 9.59 Å². The van der Waals surface area contributed by atoms with Crippen LogP contribution in [0.15, 0.2) is 0 Å². The van der Waals surface area contributed by atoms with Gasteiger partial charge in [0.1, 0.15) is 0 Å². The van der Waals surface area contributed by atoms with Crippen molar-refractivity contribution in [1.29, 1.82) is 0 Å². The zero-order chi connectivity index (χ0) is 12.5. The van der Waals surface area contributed by atoms with Gasteiger partial charge in [-0.05, 0) is 34.6 Å². The van der Waals surface area contributed by atoms with Gasteiger partial charge in [0.25, 0.3) is 0 Å². The van der Waals surface area contributed by atoms with Gasteiger partial charge >= 0.3 is 0 Å². The maximum absolute atomic E-state index is 11.8. The predicted octanol–water partition coefficient (Wildman–Crippen LogP) is 1.16. The fourth-order valence-corrected chi connectivity index (χ4v) is 1.93. The minimum absolute atomic E-state index is 0.00454. The molecular formula is C12H22N2O2. The number of amides is 2. The molecule has 0 spiro atoms. The SMILES string of the molecule is CC(C)NC(=O)C1CC(=O)N(C(C)(C)C)C1. The van der Waals surface area contributed by atoms with E-state index in [-0.39, 0.29) is 29.3 Å². The second-order valence-corrected chi connectivity index (χ2v) is 5.74. The first kappa shape index (κ1) is 13.0. The molecule has 1 N–H and O–H groups in total. The molecule has 1 aliphatic heterocycles. The molecule has 0 aliphatic carbocycles. The van der Waals surface area contributed by atoms with Gasteiger partial charge in [-0.25, -0.2) is 0 Å². The van der Waals surface area contributed by atoms with E-state index in [9.17, 15) is 9.59 Å². The molecule has 1 unspecified atom stereocenters. The first-order valence-corrected chi connectivity index (χ1v) is 5.82. The van der Waals surface area contributed by atoms with Crippen LogP contribution in [0.2, 0.25) is 0 Å². The summed E-state index contributed by atoms with van der Waals surface area (Å²) in [6.45, 7) is 10.4. The molecule has 4 nitrogen and oxygen atoms in total. The van der Waals surface area contributed by atoms with Crippen molar-refractivity contribution < 1.29 is 9.59 Å². The highest BCUT2D eigenvalue weighted by atomic mass is 16.2. The maximum atomic E-state index is 11.8. The molecule has 0 radical (unpaired) electrons. The predicted molar refractivity (Wildman–Crippen MR) is 62.9 cm³/mol. The molecular weight excluding hydrogens is 204 g/mol. The van der Waals surface area contributed by atoms with Crippen molar-refractivity contribution >= 4 is 11.8 Å². The Labute approximate surface area is 97.4 Å². The van der Waals surface area contributed by atoms with E-state index < -0.39 is 0 Å². The maximum Gasteiger partial charge on any atom is 0.225 e. The third-order valence-corrected chi connectivity index (χ3v) is 2.74. The molecule has 1 heterocycles. The van der Waals surface area contributed by atoms with E-state index in [1.54, 1.807) is 4.90 Å². The average molecular weight is 226 g/mol. The molecule has 0 bridgehead atoms. The fraction of sp³-hybridized carbons (Fsp3) is 0.833. The van der Waals surface area contributed by atoms with Crippen molar-refractivity contribution in [3.8, 4) is 0 Å². The minimum atomic E-state index is -0.191. The average Bonchev–Trinajstić information content (AvgIpc) is 2.44. The third-order valence-electron chi connectivity index (χ3n) is 2.74. The van der Waals surface area contributed by atoms with Crippen LogP contribution < -0.4 is 5.32 Å². The molecule has 0 aromatic rings. The second-order valence-electron chi connectivity index (χ2n) is 5.74. The highest BCUT2D eigenvalue weighted by Crippen LogP contribution is 2.25. The minimum Gasteiger partial charge on any atom is -0.354 e. The van der Waals surface area contributed by atoms with Gasteiger partial charge in [-0.1, -0.05) is 0 Å². The van der Waals surface area contributed by atoms with Gasteiger partial charge in [-0.15, -0.1) is 0 Å². The van der Waals surface area contributed by atoms with Gasteiger partial charge in [0.2, 0.25) is 11.8 Å². The molecule has 1 aliphatic rings. The quantitative estimate of drug-likeness (QED) is 0.768. The van der Waals surface area contributed by atoms with Crippen LogP contribution in [-0.4, -0.2) is 34.8 Å². The van der Waals surface area contributed by atoms with Gasteiger partial charge < -0.3 is 10.2 Å². The number of carbonyl (C=O) groups is 2. The van der Waals surface area contributed by atoms with Crippen LogP contribution in [0, 0.1) is 5.92 Å². The molecule has 0 aromatic heterocycles. The van der Waals surface area contributed by atoms with Crippen molar-refractivity contribution in [2.75, 3.05) is 6.54 Å². The Bertz CT molecular complexity index is 292. The van der Waals surface area contributed by atoms with Crippen LogP contribution in [0.5, 0.6) is 0 Å². The van der Waals surface area contributed by atoms with Crippen LogP contribution in [0.3, 0.4) is 0 Å². The number of nitrogens with one attached hydrogen (secondary N) is 1. The number of hydrogen-bond acceptors (Lipinski definition) is 2. The summed E-state index contributed by atoms with van der Waals surface area (Å²) >= 11 is 0. The molecule has 1 atom stereocenters. The Morgan fingerprint density at radius 3 is 2.38 bits per heavy atom. The van der Waals surface area contributed by atoms with Crippen molar-refractivity contribution in [2.24, 2.45) is 5.92 Å². The molecule has 2 amide bonds. The van der Waals surface area contributed by atoms with Crippen LogP contribution in [-0.2, 0) is 9.59 Å². The molecule has 0 saturated carbocycles. The molecule has 0 aromatic carbocycles. The van der Waals surface area contributed by atoms with Crippen molar-refractivity contribution in [1.82, 2.24) is 10.2 Å². The van der Waals surface area contributed by atoms with Crippen molar-refractivity contribution in [2.45, 2.75) is 52.6 Å². The standard InChI is InChI=1S/C12H22N2O2/c1-8(2)13-11(16)9-6-10(15)14(7-9)12(3,4)5/h8-9H,6-7H2,1-5H3,(H,13,16). The van der Waals surface area contributed by atoms with E-state index in [0.29, 0.717) is 13.0 Å². The van der Waals surface area contributed by atoms with Gasteiger partial charge in [0, 0.05) is 24.5 Å². The Balaban J connectivity index is 2.63. The number of hydrogen-bond donors (Lipinski definition) is 1. The zero-order valence-electron chi connectivity index (χ0n) is 10.8. The Hall–Kier alpha value is -1.06. The molecule has 1 fully saturated rings. The van der Waals surface area contributed by atoms with Gasteiger partial charge in [-0.2, -0.15) is 0 Å². The normalized spacial score (nSPS) is 21.8. The van der Waals surface area contributed by atoms with E-state index in [1.807, 2.05) is 34.6 Å². The van der Waals surface area contributed by atoms with Crippen LogP contribution in [0.4, 0.5) is 0 Å². The smallest absolute Gasteiger partial charge is 0.225 e. The lowest BCUT2D eigenvalue weighted by Gasteiger charge is -2.32. The highest BCUT2D eigenvalue weighted by Gasteiger charge is 2.39. The summed E-state index contributed by atoms with van der Waals surface area (Å²) in [6, 6.07) is 0.131. The van der Waals surface area contributed by atoms with Crippen LogP contribution in [0.25, 0.3) is 0 Å². The number of carbonyl (C=O) groups excluding carboxylic acids is 2. The Morgan fingerprint density at radius 1 is 1.44 bits per heavy atom. The van der Waals surface area contributed by atoms with Crippen molar-refractivity contribution in [3.63, 3.8) is 0 Å². The molecule has 4 heteroatoms. The summed E-state index contributed by atoms with van der Waals surface area (Å²) in [7, 11) is 0. The highest BCUT2D eigenvalue weighted by molar-refractivity contribution is 5.89. The number of nitrogens with zero attached hydrogens (tertiary/aromatic N) is 1. The first-order chi connectivity index (χ1) is 7.21. The van der Waals surface area contributed by atoms with E-state index in [2.05, 4.69) is 5.32 Å². The largest absolute Gasteiger partial charge is 0.354 e. The van der Waals surface area contributed by atoms with E-state index in [4.69, 9.17) is 0 Å². The molecule has 16 heavy (non-hydrogen) atoms. The van der Waals surface area contributed by atoms with Gasteiger partial charge in [0.15, 0.2) is 0 Å². The molecule has 92 valence electrons. The van der Waals surface area contributed by atoms with Crippen LogP contribution in [0.1, 0.15) is 41.0 Å². The lowest BCUT2D eigenvalue weighted by atomic mass is 10.1. The third kappa shape index (κ3) is 2.97. The number of rotatable bonds is 2. The Kier molecular flexibility index (Phi) is 3.61. The molecule has 1 rings (SSSR count). The van der Waals surface area contributed by atoms with E-state index in [0.717, 1.165) is 0 Å². The second kappa shape index (κ2) is 4.44. The lowest BCUT2D eigenvalue weighted by molar-refractivity contribution is -0.132. The summed E-state index contributed by atoms with van der Waals surface area (Å²) in [4.78, 5) is 25.3. The summed E-state index contributed by atoms with van der Waals surface area (Å²) in [5, 5.41) is 2.86. The number of likely N-dealkylation sites (tertiary alicyclic amines) is 1. The first-order valence-electron chi connectivity index (χ1n) is 5.82. The van der Waals surface area contributed by atoms with Crippen molar-refractivity contribution in [3.05, 3.63) is 0 Å². The summed E-state index contributed by atoms with van der Waals surface area (Å²) < 4.78 is 0. The Morgan fingerprint density at radius 2 is 2.00 bits per heavy atom. The summed E-state index contributed by atoms with van der Waals surface area (Å²) in [6.07, 6.45) is 0.343. The van der Waals surface area contributed by atoms with E-state index >= 15 is 0 Å². The zero-order valence-corrected chi connectivity index (χ0v) is 10.8. The summed E-state index contributed by atoms with van der Waals surface area (Å²) in [5.74, 6) is -0.111.